The third-order valence-corrected chi connectivity index (χ3v) is 4.49. The SMILES string of the molecule is C=C(C)COc1cccc(NCC(=O)Nc2ccc(C(=O)N3CCOCC3)cc2)c1. The van der Waals surface area contributed by atoms with Gasteiger partial charge in [0.25, 0.3) is 5.91 Å². The van der Waals surface area contributed by atoms with Gasteiger partial charge in [-0.3, -0.25) is 9.59 Å². The van der Waals surface area contributed by atoms with Crippen molar-refractivity contribution in [3.05, 3.63) is 66.2 Å². The van der Waals surface area contributed by atoms with Gasteiger partial charge in [-0.2, -0.15) is 0 Å². The van der Waals surface area contributed by atoms with Gasteiger partial charge in [0, 0.05) is 36.1 Å². The Balaban J connectivity index is 1.48. The van der Waals surface area contributed by atoms with Gasteiger partial charge in [0.1, 0.15) is 12.4 Å². The fraction of sp³-hybridized carbons (Fsp3) is 0.304. The van der Waals surface area contributed by atoms with Crippen LogP contribution >= 0.6 is 0 Å². The standard InChI is InChI=1S/C23H27N3O4/c1-17(2)16-30-21-5-3-4-20(14-21)24-15-22(27)25-19-8-6-18(7-9-19)23(28)26-10-12-29-13-11-26/h3-9,14,24H,1,10-13,15-16H2,2H3,(H,25,27). The molecule has 2 aromatic carbocycles. The molecule has 0 unspecified atom stereocenters. The van der Waals surface area contributed by atoms with Crippen LogP contribution in [0.15, 0.2) is 60.7 Å². The van der Waals surface area contributed by atoms with E-state index in [4.69, 9.17) is 9.47 Å². The van der Waals surface area contributed by atoms with Crippen molar-refractivity contribution >= 4 is 23.2 Å². The van der Waals surface area contributed by atoms with Crippen LogP contribution in [0.4, 0.5) is 11.4 Å². The molecule has 0 saturated carbocycles. The number of hydrogen-bond donors (Lipinski definition) is 2. The minimum Gasteiger partial charge on any atom is -0.489 e. The van der Waals surface area contributed by atoms with E-state index in [1.54, 1.807) is 29.2 Å². The van der Waals surface area contributed by atoms with Gasteiger partial charge in [-0.25, -0.2) is 0 Å². The van der Waals surface area contributed by atoms with E-state index in [0.29, 0.717) is 49.9 Å². The van der Waals surface area contributed by atoms with Gasteiger partial charge in [-0.1, -0.05) is 12.6 Å². The van der Waals surface area contributed by atoms with Crippen molar-refractivity contribution in [3.63, 3.8) is 0 Å². The molecule has 30 heavy (non-hydrogen) atoms. The average molecular weight is 409 g/mol. The van der Waals surface area contributed by atoms with Gasteiger partial charge in [-0.15, -0.1) is 0 Å². The summed E-state index contributed by atoms with van der Waals surface area (Å²) in [7, 11) is 0. The second-order valence-corrected chi connectivity index (χ2v) is 7.16. The first kappa shape index (κ1) is 21.4. The zero-order chi connectivity index (χ0) is 21.3. The smallest absolute Gasteiger partial charge is 0.254 e. The normalized spacial score (nSPS) is 13.4. The molecule has 7 heteroatoms. The molecule has 0 radical (unpaired) electrons. The number of ether oxygens (including phenoxy) is 2. The number of carbonyl (C=O) groups is 2. The number of carbonyl (C=O) groups excluding carboxylic acids is 2. The number of nitrogens with zero attached hydrogens (tertiary/aromatic N) is 1. The van der Waals surface area contributed by atoms with E-state index in [0.717, 1.165) is 11.3 Å². The lowest BCUT2D eigenvalue weighted by atomic mass is 10.1. The summed E-state index contributed by atoms with van der Waals surface area (Å²) >= 11 is 0. The van der Waals surface area contributed by atoms with Crippen molar-refractivity contribution in [1.29, 1.82) is 0 Å². The lowest BCUT2D eigenvalue weighted by Crippen LogP contribution is -2.40. The first-order chi connectivity index (χ1) is 14.5. The maximum atomic E-state index is 12.5. The Hall–Kier alpha value is -3.32. The number of rotatable bonds is 8. The van der Waals surface area contributed by atoms with Gasteiger partial charge in [-0.05, 0) is 48.9 Å². The molecular formula is C23H27N3O4. The number of amides is 2. The van der Waals surface area contributed by atoms with E-state index in [-0.39, 0.29) is 18.4 Å². The van der Waals surface area contributed by atoms with Crippen molar-refractivity contribution in [2.75, 3.05) is 50.1 Å². The van der Waals surface area contributed by atoms with Crippen molar-refractivity contribution in [3.8, 4) is 5.75 Å². The van der Waals surface area contributed by atoms with Gasteiger partial charge in [0.05, 0.1) is 19.8 Å². The van der Waals surface area contributed by atoms with Crippen LogP contribution in [0.25, 0.3) is 0 Å². The number of hydrogen-bond acceptors (Lipinski definition) is 5. The molecule has 0 aliphatic carbocycles. The lowest BCUT2D eigenvalue weighted by Gasteiger charge is -2.26. The van der Waals surface area contributed by atoms with Gasteiger partial charge >= 0.3 is 0 Å². The maximum Gasteiger partial charge on any atom is 0.254 e. The summed E-state index contributed by atoms with van der Waals surface area (Å²) in [6.07, 6.45) is 0. The van der Waals surface area contributed by atoms with Crippen LogP contribution < -0.4 is 15.4 Å². The van der Waals surface area contributed by atoms with Crippen molar-refractivity contribution in [2.45, 2.75) is 6.92 Å². The lowest BCUT2D eigenvalue weighted by molar-refractivity contribution is -0.114. The molecule has 158 valence electrons. The molecule has 0 aromatic heterocycles. The molecule has 1 aliphatic rings. The van der Waals surface area contributed by atoms with Gasteiger partial charge < -0.3 is 25.0 Å². The highest BCUT2D eigenvalue weighted by atomic mass is 16.5. The highest BCUT2D eigenvalue weighted by Crippen LogP contribution is 2.18. The molecule has 3 rings (SSSR count). The average Bonchev–Trinajstić information content (AvgIpc) is 2.77. The van der Waals surface area contributed by atoms with Crippen LogP contribution in [0.2, 0.25) is 0 Å². The van der Waals surface area contributed by atoms with E-state index in [2.05, 4.69) is 17.2 Å². The van der Waals surface area contributed by atoms with Gasteiger partial charge in [0.2, 0.25) is 5.91 Å². The molecule has 0 spiro atoms. The number of benzene rings is 2. The molecule has 1 saturated heterocycles. The van der Waals surface area contributed by atoms with E-state index < -0.39 is 0 Å². The third-order valence-electron chi connectivity index (χ3n) is 4.49. The summed E-state index contributed by atoms with van der Waals surface area (Å²) in [4.78, 5) is 26.5. The molecule has 0 atom stereocenters. The second kappa shape index (κ2) is 10.5. The Morgan fingerprint density at radius 2 is 1.83 bits per heavy atom. The molecule has 1 heterocycles. The predicted octanol–water partition coefficient (Wildman–Crippen LogP) is 3.16. The number of morpholine rings is 1. The minimum absolute atomic E-state index is 0.0217. The predicted molar refractivity (Wildman–Crippen MR) is 117 cm³/mol. The Kier molecular flexibility index (Phi) is 7.45. The van der Waals surface area contributed by atoms with Crippen LogP contribution in [0.3, 0.4) is 0 Å². The molecule has 1 fully saturated rings. The molecule has 0 bridgehead atoms. The summed E-state index contributed by atoms with van der Waals surface area (Å²) in [6.45, 7) is 8.60. The summed E-state index contributed by atoms with van der Waals surface area (Å²) in [5, 5.41) is 5.90. The van der Waals surface area contributed by atoms with Gasteiger partial charge in [0.15, 0.2) is 0 Å². The van der Waals surface area contributed by atoms with Crippen LogP contribution in [0, 0.1) is 0 Å². The monoisotopic (exact) mass is 409 g/mol. The van der Waals surface area contributed by atoms with Crippen LogP contribution in [0.1, 0.15) is 17.3 Å². The molecule has 2 N–H and O–H groups in total. The summed E-state index contributed by atoms with van der Waals surface area (Å²) in [6, 6.07) is 14.3. The first-order valence-electron chi connectivity index (χ1n) is 9.89. The first-order valence-corrected chi connectivity index (χ1v) is 9.89. The van der Waals surface area contributed by atoms with Crippen LogP contribution in [-0.2, 0) is 9.53 Å². The van der Waals surface area contributed by atoms with Crippen molar-refractivity contribution < 1.29 is 19.1 Å². The highest BCUT2D eigenvalue weighted by molar-refractivity contribution is 5.96. The third kappa shape index (κ3) is 6.35. The van der Waals surface area contributed by atoms with Crippen molar-refractivity contribution in [2.24, 2.45) is 0 Å². The molecule has 2 amide bonds. The largest absolute Gasteiger partial charge is 0.489 e. The number of nitrogens with one attached hydrogen (secondary N) is 2. The van der Waals surface area contributed by atoms with E-state index in [1.165, 1.54) is 0 Å². The highest BCUT2D eigenvalue weighted by Gasteiger charge is 2.18. The van der Waals surface area contributed by atoms with E-state index in [1.807, 2.05) is 31.2 Å². The molecule has 7 nitrogen and oxygen atoms in total. The Bertz CT molecular complexity index is 890. The summed E-state index contributed by atoms with van der Waals surface area (Å²) in [5.74, 6) is 0.506. The zero-order valence-electron chi connectivity index (χ0n) is 17.1. The maximum absolute atomic E-state index is 12.5. The Labute approximate surface area is 176 Å². The van der Waals surface area contributed by atoms with E-state index in [9.17, 15) is 9.59 Å². The van der Waals surface area contributed by atoms with Crippen LogP contribution in [-0.4, -0.2) is 56.2 Å². The summed E-state index contributed by atoms with van der Waals surface area (Å²) in [5.41, 5.74) is 2.96. The van der Waals surface area contributed by atoms with Crippen molar-refractivity contribution in [1.82, 2.24) is 4.90 Å². The Morgan fingerprint density at radius 1 is 1.10 bits per heavy atom. The topological polar surface area (TPSA) is 79.9 Å². The summed E-state index contributed by atoms with van der Waals surface area (Å²) < 4.78 is 10.9. The second-order valence-electron chi connectivity index (χ2n) is 7.16. The quantitative estimate of drug-likeness (QED) is 0.655. The van der Waals surface area contributed by atoms with Crippen LogP contribution in [0.5, 0.6) is 5.75 Å². The minimum atomic E-state index is -0.185. The van der Waals surface area contributed by atoms with E-state index >= 15 is 0 Å². The molecule has 2 aromatic rings. The molecule has 1 aliphatic heterocycles. The zero-order valence-corrected chi connectivity index (χ0v) is 17.1. The fourth-order valence-corrected chi connectivity index (χ4v) is 2.94. The fourth-order valence-electron chi connectivity index (χ4n) is 2.94. The molecular weight excluding hydrogens is 382 g/mol. The Morgan fingerprint density at radius 3 is 2.53 bits per heavy atom. The number of anilines is 2.